The molecule has 0 saturated heterocycles. The summed E-state index contributed by atoms with van der Waals surface area (Å²) in [6, 6.07) is 11.9. The van der Waals surface area contributed by atoms with Crippen LogP contribution >= 0.6 is 27.3 Å². The lowest BCUT2D eigenvalue weighted by atomic mass is 10.1. The van der Waals surface area contributed by atoms with E-state index in [9.17, 15) is 4.79 Å². The number of aryl methyl sites for hydroxylation is 2. The molecule has 0 atom stereocenters. The number of thiazole rings is 1. The fourth-order valence-electron chi connectivity index (χ4n) is 2.68. The molecule has 4 aromatic rings. The van der Waals surface area contributed by atoms with Gasteiger partial charge in [-0.1, -0.05) is 45.5 Å². The van der Waals surface area contributed by atoms with Gasteiger partial charge in [-0.25, -0.2) is 9.38 Å². The van der Waals surface area contributed by atoms with Crippen LogP contribution in [0.4, 0.5) is 0 Å². The van der Waals surface area contributed by atoms with Crippen LogP contribution in [0.5, 0.6) is 0 Å². The molecule has 0 amide bonds. The summed E-state index contributed by atoms with van der Waals surface area (Å²) in [7, 11) is 0. The van der Waals surface area contributed by atoms with Gasteiger partial charge in [0, 0.05) is 4.47 Å². The first-order valence-electron chi connectivity index (χ1n) is 7.23. The first-order chi connectivity index (χ1) is 11.0. The number of hydrogen-bond donors (Lipinski definition) is 0. The highest BCUT2D eigenvalue weighted by molar-refractivity contribution is 9.10. The Hall–Kier alpha value is -1.98. The summed E-state index contributed by atoms with van der Waals surface area (Å²) in [5, 5.41) is 0. The lowest BCUT2D eigenvalue weighted by molar-refractivity contribution is 1.19. The number of rotatable bonds is 1. The van der Waals surface area contributed by atoms with E-state index in [2.05, 4.69) is 27.8 Å². The molecule has 0 unspecified atom stereocenters. The number of fused-ring (bicyclic) bond motifs is 3. The van der Waals surface area contributed by atoms with Crippen LogP contribution in [0.1, 0.15) is 16.7 Å². The van der Waals surface area contributed by atoms with Crippen LogP contribution in [0.2, 0.25) is 0 Å². The van der Waals surface area contributed by atoms with E-state index in [4.69, 9.17) is 0 Å². The maximum absolute atomic E-state index is 12.8. The summed E-state index contributed by atoms with van der Waals surface area (Å²) in [6.45, 7) is 4.11. The maximum atomic E-state index is 12.8. The minimum absolute atomic E-state index is 0.00123. The Bertz CT molecular complexity index is 1160. The van der Waals surface area contributed by atoms with Gasteiger partial charge in [0.25, 0.3) is 5.56 Å². The molecular formula is C18H13BrN2OS. The van der Waals surface area contributed by atoms with Crippen molar-refractivity contribution in [3.63, 3.8) is 0 Å². The molecule has 0 aliphatic heterocycles. The highest BCUT2D eigenvalue weighted by Gasteiger charge is 2.13. The molecule has 0 aliphatic rings. The normalized spacial score (nSPS) is 12.6. The van der Waals surface area contributed by atoms with Crippen LogP contribution < -0.4 is 10.1 Å². The van der Waals surface area contributed by atoms with Crippen LogP contribution in [0, 0.1) is 13.8 Å². The van der Waals surface area contributed by atoms with E-state index in [0.29, 0.717) is 4.53 Å². The Morgan fingerprint density at radius 2 is 1.87 bits per heavy atom. The van der Waals surface area contributed by atoms with Crippen LogP contribution in [0.15, 0.2) is 45.7 Å². The van der Waals surface area contributed by atoms with Gasteiger partial charge >= 0.3 is 0 Å². The van der Waals surface area contributed by atoms with E-state index >= 15 is 0 Å². The maximum Gasteiger partial charge on any atom is 0.274 e. The van der Waals surface area contributed by atoms with Crippen LogP contribution in [0.3, 0.4) is 0 Å². The van der Waals surface area contributed by atoms with Gasteiger partial charge in [-0.3, -0.25) is 4.79 Å². The van der Waals surface area contributed by atoms with Crippen molar-refractivity contribution in [2.45, 2.75) is 13.8 Å². The summed E-state index contributed by atoms with van der Waals surface area (Å²) >= 11 is 4.86. The minimum Gasteiger partial charge on any atom is -0.267 e. The van der Waals surface area contributed by atoms with E-state index in [1.807, 2.05) is 49.4 Å². The summed E-state index contributed by atoms with van der Waals surface area (Å²) in [5.41, 5.74) is 5.14. The third kappa shape index (κ3) is 2.31. The molecule has 0 bridgehead atoms. The zero-order chi connectivity index (χ0) is 16.1. The fraction of sp³-hybridized carbons (Fsp3) is 0.111. The molecule has 0 radical (unpaired) electrons. The smallest absolute Gasteiger partial charge is 0.267 e. The van der Waals surface area contributed by atoms with Gasteiger partial charge in [-0.15, -0.1) is 0 Å². The Labute approximate surface area is 145 Å². The average molecular weight is 385 g/mol. The first-order valence-corrected chi connectivity index (χ1v) is 8.84. The Balaban J connectivity index is 2.01. The first kappa shape index (κ1) is 14.6. The Kier molecular flexibility index (Phi) is 3.36. The van der Waals surface area contributed by atoms with Gasteiger partial charge < -0.3 is 0 Å². The molecule has 0 spiro atoms. The topological polar surface area (TPSA) is 34.4 Å². The van der Waals surface area contributed by atoms with Gasteiger partial charge in [-0.05, 0) is 54.8 Å². The van der Waals surface area contributed by atoms with Gasteiger partial charge in [-0.2, -0.15) is 0 Å². The number of imidazole rings is 1. The summed E-state index contributed by atoms with van der Waals surface area (Å²) in [4.78, 5) is 18.2. The number of aromatic nitrogens is 2. The van der Waals surface area contributed by atoms with E-state index in [-0.39, 0.29) is 5.56 Å². The van der Waals surface area contributed by atoms with Crippen molar-refractivity contribution in [1.82, 2.24) is 9.38 Å². The third-order valence-electron chi connectivity index (χ3n) is 4.10. The third-order valence-corrected chi connectivity index (χ3v) is 5.60. The van der Waals surface area contributed by atoms with Crippen molar-refractivity contribution in [1.29, 1.82) is 0 Å². The second-order valence-corrected chi connectivity index (χ2v) is 7.50. The molecule has 2 heterocycles. The zero-order valence-corrected chi connectivity index (χ0v) is 15.0. The van der Waals surface area contributed by atoms with Gasteiger partial charge in [0.15, 0.2) is 4.96 Å². The number of benzene rings is 2. The van der Waals surface area contributed by atoms with E-state index in [0.717, 1.165) is 31.6 Å². The second kappa shape index (κ2) is 5.28. The van der Waals surface area contributed by atoms with Gasteiger partial charge in [0.1, 0.15) is 0 Å². The van der Waals surface area contributed by atoms with Crippen molar-refractivity contribution in [3.8, 4) is 0 Å². The molecule has 0 N–H and O–H groups in total. The molecule has 0 aliphatic carbocycles. The minimum atomic E-state index is -0.00123. The summed E-state index contributed by atoms with van der Waals surface area (Å²) in [5.74, 6) is 0. The number of nitrogens with zero attached hydrogens (tertiary/aromatic N) is 2. The predicted octanol–water partition coefficient (Wildman–Crippen LogP) is 3.84. The molecule has 0 saturated carbocycles. The number of halogens is 1. The van der Waals surface area contributed by atoms with Crippen LogP contribution in [0.25, 0.3) is 22.1 Å². The highest BCUT2D eigenvalue weighted by atomic mass is 79.9. The second-order valence-electron chi connectivity index (χ2n) is 5.57. The van der Waals surface area contributed by atoms with Crippen LogP contribution in [-0.4, -0.2) is 9.38 Å². The summed E-state index contributed by atoms with van der Waals surface area (Å²) in [6.07, 6.45) is 1.92. The molecule has 2 aromatic carbocycles. The van der Waals surface area contributed by atoms with Crippen LogP contribution in [-0.2, 0) is 0 Å². The van der Waals surface area contributed by atoms with Crippen molar-refractivity contribution in [2.24, 2.45) is 0 Å². The lowest BCUT2D eigenvalue weighted by Gasteiger charge is -1.99. The average Bonchev–Trinajstić information content (AvgIpc) is 3.04. The van der Waals surface area contributed by atoms with E-state index in [1.165, 1.54) is 16.9 Å². The van der Waals surface area contributed by atoms with Crippen molar-refractivity contribution in [3.05, 3.63) is 72.4 Å². The monoisotopic (exact) mass is 384 g/mol. The zero-order valence-electron chi connectivity index (χ0n) is 12.6. The Morgan fingerprint density at radius 1 is 1.13 bits per heavy atom. The SMILES string of the molecule is Cc1ccc2c(nc3sc(=Cc4ccc(Br)cc4)c(=O)n32)c1C. The quantitative estimate of drug-likeness (QED) is 0.499. The summed E-state index contributed by atoms with van der Waals surface area (Å²) < 4.78 is 3.45. The molecule has 3 nitrogen and oxygen atoms in total. The predicted molar refractivity (Wildman–Crippen MR) is 99.2 cm³/mol. The fourth-order valence-corrected chi connectivity index (χ4v) is 3.92. The van der Waals surface area contributed by atoms with E-state index in [1.54, 1.807) is 4.40 Å². The largest absolute Gasteiger partial charge is 0.274 e. The van der Waals surface area contributed by atoms with Gasteiger partial charge in [0.05, 0.1) is 15.6 Å². The van der Waals surface area contributed by atoms with E-state index < -0.39 is 0 Å². The van der Waals surface area contributed by atoms with Crippen molar-refractivity contribution in [2.75, 3.05) is 0 Å². The molecular weight excluding hydrogens is 372 g/mol. The molecule has 5 heteroatoms. The van der Waals surface area contributed by atoms with Crippen molar-refractivity contribution >= 4 is 49.3 Å². The highest BCUT2D eigenvalue weighted by Crippen LogP contribution is 2.22. The molecule has 114 valence electrons. The lowest BCUT2D eigenvalue weighted by Crippen LogP contribution is -2.22. The van der Waals surface area contributed by atoms with Crippen molar-refractivity contribution < 1.29 is 0 Å². The molecule has 4 rings (SSSR count). The molecule has 0 fully saturated rings. The number of hydrogen-bond acceptors (Lipinski definition) is 3. The molecule has 23 heavy (non-hydrogen) atoms. The standard InChI is InChI=1S/C18H13BrN2OS/c1-10-3-8-14-16(11(10)2)20-18-21(14)17(22)15(23-18)9-12-4-6-13(19)7-5-12/h3-9H,1-2H3. The molecule has 2 aromatic heterocycles. The Morgan fingerprint density at radius 3 is 2.61 bits per heavy atom. The van der Waals surface area contributed by atoms with Gasteiger partial charge in [0.2, 0.25) is 0 Å².